The first kappa shape index (κ1) is 48.9. The molecule has 0 radical (unpaired) electrons. The van der Waals surface area contributed by atoms with Gasteiger partial charge in [0.15, 0.2) is 5.82 Å². The van der Waals surface area contributed by atoms with Crippen LogP contribution >= 0.6 is 0 Å². The minimum atomic E-state index is -1.41. The Morgan fingerprint density at radius 3 is 2.20 bits per heavy atom. The zero-order chi connectivity index (χ0) is 47.2. The molecule has 10 N–H and O–H groups in total. The van der Waals surface area contributed by atoms with Crippen molar-refractivity contribution < 1.29 is 38.2 Å². The minimum absolute atomic E-state index is 0.00137. The average molecular weight is 892 g/mol. The fourth-order valence-corrected chi connectivity index (χ4v) is 7.15. The van der Waals surface area contributed by atoms with Crippen LogP contribution in [0.5, 0.6) is 17.2 Å². The van der Waals surface area contributed by atoms with Crippen molar-refractivity contribution in [2.75, 3.05) is 46.4 Å². The van der Waals surface area contributed by atoms with Gasteiger partial charge < -0.3 is 57.6 Å². The van der Waals surface area contributed by atoms with Crippen molar-refractivity contribution in [3.8, 4) is 45.8 Å². The van der Waals surface area contributed by atoms with Crippen molar-refractivity contribution in [3.63, 3.8) is 0 Å². The SMILES string of the molecule is Cc1nc(-c2ccc(OC(C)C)cc2)ncc1C(=O)N[C@@H](CCN)C(=O)N(C)[C@@H]1C(=O)N[C@@H](C)C(=O)N[C@H](C(=O)NCC#N)Cc2ccc(OCCN)c(c2)-c2cc1ccc2OCCN. The Bertz CT molecular complexity index is 2390. The standard InChI is InChI=1S/C46H57N11O8/c1-26(2)65-32-10-7-30(8-11-32)41-52-25-35(27(3)53-41)43(59)55-36(14-15-47)46(62)57(5)40-31-9-13-39(64-21-18-50)34(24-31)33-22-29(6-12-38(33)63-20-17-49)23-37(44(60)51-19-16-48)56-42(58)28(4)54-45(40)61/h6-13,22,24-26,28,36-37,40H,14-15,17-21,23,47,49-50H2,1-5H3,(H,51,60)(H,54,61)(H,55,59)(H,56,58)/t28-,36-,37-,40-/m0/s1. The highest BCUT2D eigenvalue weighted by Gasteiger charge is 2.36. The Morgan fingerprint density at radius 2 is 1.58 bits per heavy atom. The van der Waals surface area contributed by atoms with E-state index >= 15 is 0 Å². The predicted molar refractivity (Wildman–Crippen MR) is 241 cm³/mol. The summed E-state index contributed by atoms with van der Waals surface area (Å²) in [5.41, 5.74) is 20.7. The summed E-state index contributed by atoms with van der Waals surface area (Å²) >= 11 is 0. The van der Waals surface area contributed by atoms with Gasteiger partial charge >= 0.3 is 0 Å². The van der Waals surface area contributed by atoms with Gasteiger partial charge in [0.25, 0.3) is 5.91 Å². The molecule has 1 aliphatic rings. The molecule has 19 heteroatoms. The number of likely N-dealkylation sites (N-methyl/N-ethyl adjacent to an activating group) is 1. The molecule has 5 rings (SSSR count). The smallest absolute Gasteiger partial charge is 0.255 e. The third-order valence-electron chi connectivity index (χ3n) is 10.3. The molecule has 0 saturated carbocycles. The number of aromatic nitrogens is 2. The molecule has 0 saturated heterocycles. The second-order valence-corrected chi connectivity index (χ2v) is 15.6. The third kappa shape index (κ3) is 12.5. The van der Waals surface area contributed by atoms with Crippen LogP contribution in [0.25, 0.3) is 22.5 Å². The lowest BCUT2D eigenvalue weighted by Crippen LogP contribution is -2.56. The van der Waals surface area contributed by atoms with Crippen molar-refractivity contribution in [1.29, 1.82) is 5.26 Å². The molecule has 0 fully saturated rings. The third-order valence-corrected chi connectivity index (χ3v) is 10.3. The number of nitrogens with zero attached hydrogens (tertiary/aromatic N) is 4. The average Bonchev–Trinajstić information content (AvgIpc) is 3.28. The number of nitriles is 1. The zero-order valence-electron chi connectivity index (χ0n) is 37.2. The Balaban J connectivity index is 1.55. The minimum Gasteiger partial charge on any atom is -0.492 e. The summed E-state index contributed by atoms with van der Waals surface area (Å²) in [4.78, 5) is 80.2. The number of aryl methyl sites for hydroxylation is 1. The molecule has 0 spiro atoms. The molecule has 3 aromatic carbocycles. The van der Waals surface area contributed by atoms with Crippen LogP contribution < -0.4 is 52.7 Å². The van der Waals surface area contributed by atoms with Gasteiger partial charge in [-0.2, -0.15) is 5.26 Å². The lowest BCUT2D eigenvalue weighted by atomic mass is 9.93. The predicted octanol–water partition coefficient (Wildman–Crippen LogP) is 1.41. The van der Waals surface area contributed by atoms with E-state index in [9.17, 15) is 24.0 Å². The molecule has 4 aromatic rings. The van der Waals surface area contributed by atoms with Crippen molar-refractivity contribution in [3.05, 3.63) is 89.2 Å². The number of fused-ring (bicyclic) bond motifs is 5. The number of nitrogens with two attached hydrogens (primary N) is 3. The van der Waals surface area contributed by atoms with Crippen LogP contribution in [0, 0.1) is 18.3 Å². The lowest BCUT2D eigenvalue weighted by Gasteiger charge is -2.32. The number of hydrogen-bond donors (Lipinski definition) is 7. The Labute approximate surface area is 377 Å². The highest BCUT2D eigenvalue weighted by atomic mass is 16.5. The zero-order valence-corrected chi connectivity index (χ0v) is 37.2. The topological polar surface area (TPSA) is 292 Å². The normalized spacial score (nSPS) is 16.5. The Kier molecular flexibility index (Phi) is 17.3. The summed E-state index contributed by atoms with van der Waals surface area (Å²) < 4.78 is 17.9. The number of amides is 5. The molecule has 5 amide bonds. The van der Waals surface area contributed by atoms with Gasteiger partial charge in [-0.3, -0.25) is 24.0 Å². The molecular weight excluding hydrogens is 835 g/mol. The van der Waals surface area contributed by atoms with Crippen molar-refractivity contribution in [2.24, 2.45) is 17.2 Å². The highest BCUT2D eigenvalue weighted by molar-refractivity contribution is 6.00. The van der Waals surface area contributed by atoms with E-state index in [1.807, 2.05) is 44.2 Å². The van der Waals surface area contributed by atoms with E-state index in [4.69, 9.17) is 36.7 Å². The van der Waals surface area contributed by atoms with E-state index in [0.29, 0.717) is 56.6 Å². The molecule has 1 aliphatic heterocycles. The van der Waals surface area contributed by atoms with Gasteiger partial charge in [-0.1, -0.05) is 12.1 Å². The fraction of sp³-hybridized carbons (Fsp3) is 0.391. The van der Waals surface area contributed by atoms with Gasteiger partial charge in [-0.05, 0) is 100 Å². The molecule has 19 nitrogen and oxygen atoms in total. The van der Waals surface area contributed by atoms with E-state index in [-0.39, 0.29) is 63.9 Å². The summed E-state index contributed by atoms with van der Waals surface area (Å²) in [5.74, 6) is -1.57. The molecule has 1 aromatic heterocycles. The second-order valence-electron chi connectivity index (χ2n) is 15.6. The summed E-state index contributed by atoms with van der Waals surface area (Å²) in [6.07, 6.45) is 1.37. The molecule has 4 atom stereocenters. The summed E-state index contributed by atoms with van der Waals surface area (Å²) in [5, 5.41) is 19.8. The van der Waals surface area contributed by atoms with E-state index in [0.717, 1.165) is 0 Å². The van der Waals surface area contributed by atoms with Gasteiger partial charge in [0.05, 0.1) is 23.4 Å². The monoisotopic (exact) mass is 891 g/mol. The van der Waals surface area contributed by atoms with E-state index < -0.39 is 53.7 Å². The van der Waals surface area contributed by atoms with E-state index in [1.54, 1.807) is 43.3 Å². The van der Waals surface area contributed by atoms with Crippen LogP contribution in [0.1, 0.15) is 60.4 Å². The first-order chi connectivity index (χ1) is 31.2. The van der Waals surface area contributed by atoms with Gasteiger partial charge in [0, 0.05) is 49.4 Å². The number of nitrogens with one attached hydrogen (secondary N) is 4. The summed E-state index contributed by atoms with van der Waals surface area (Å²) in [6, 6.07) is 14.2. The van der Waals surface area contributed by atoms with E-state index in [2.05, 4.69) is 31.2 Å². The van der Waals surface area contributed by atoms with Gasteiger partial charge in [0.1, 0.15) is 61.2 Å². The van der Waals surface area contributed by atoms with Crippen LogP contribution in [0.2, 0.25) is 0 Å². The molecule has 0 aliphatic carbocycles. The molecule has 4 bridgehead atoms. The molecular formula is C46H57N11O8. The van der Waals surface area contributed by atoms with Crippen molar-refractivity contribution >= 4 is 29.5 Å². The molecule has 65 heavy (non-hydrogen) atoms. The molecule has 0 unspecified atom stereocenters. The maximum atomic E-state index is 14.6. The fourth-order valence-electron chi connectivity index (χ4n) is 7.15. The number of benzene rings is 3. The van der Waals surface area contributed by atoms with Crippen molar-refractivity contribution in [1.82, 2.24) is 36.1 Å². The number of hydrogen-bond acceptors (Lipinski definition) is 14. The Hall–Kier alpha value is -7.14. The lowest BCUT2D eigenvalue weighted by molar-refractivity contribution is -0.141. The largest absolute Gasteiger partial charge is 0.492 e. The first-order valence-electron chi connectivity index (χ1n) is 21.3. The quantitative estimate of drug-likeness (QED) is 0.0739. The summed E-state index contributed by atoms with van der Waals surface area (Å²) in [7, 11) is 1.40. The van der Waals surface area contributed by atoms with Gasteiger partial charge in [-0.25, -0.2) is 9.97 Å². The molecule has 2 heterocycles. The second kappa shape index (κ2) is 23.0. The maximum Gasteiger partial charge on any atom is 0.255 e. The van der Waals surface area contributed by atoms with Crippen LogP contribution in [0.4, 0.5) is 0 Å². The van der Waals surface area contributed by atoms with Crippen LogP contribution in [0.15, 0.2) is 66.9 Å². The number of ether oxygens (including phenoxy) is 3. The number of carbonyl (C=O) groups is 5. The van der Waals surface area contributed by atoms with Crippen LogP contribution in [-0.2, 0) is 25.6 Å². The van der Waals surface area contributed by atoms with Gasteiger partial charge in [0.2, 0.25) is 23.6 Å². The van der Waals surface area contributed by atoms with Crippen LogP contribution in [0.3, 0.4) is 0 Å². The summed E-state index contributed by atoms with van der Waals surface area (Å²) in [6.45, 7) is 7.29. The van der Waals surface area contributed by atoms with Crippen molar-refractivity contribution in [2.45, 2.75) is 70.8 Å². The maximum absolute atomic E-state index is 14.6. The Morgan fingerprint density at radius 1 is 0.923 bits per heavy atom. The number of rotatable bonds is 17. The molecule has 344 valence electrons. The highest BCUT2D eigenvalue weighted by Crippen LogP contribution is 2.40. The van der Waals surface area contributed by atoms with E-state index in [1.165, 1.54) is 25.1 Å². The number of carbonyl (C=O) groups excluding carboxylic acids is 5. The van der Waals surface area contributed by atoms with Gasteiger partial charge in [-0.15, -0.1) is 0 Å². The van der Waals surface area contributed by atoms with Crippen LogP contribution in [-0.4, -0.2) is 115 Å². The first-order valence-corrected chi connectivity index (χ1v) is 21.3.